The van der Waals surface area contributed by atoms with Crippen molar-refractivity contribution >= 4 is 10.1 Å². The maximum absolute atomic E-state index is 9.19. The van der Waals surface area contributed by atoms with Gasteiger partial charge >= 0.3 is 0 Å². The Morgan fingerprint density at radius 2 is 1.43 bits per heavy atom. The van der Waals surface area contributed by atoms with Crippen LogP contribution in [0, 0.1) is 0 Å². The van der Waals surface area contributed by atoms with E-state index in [1.54, 1.807) is 0 Å². The van der Waals surface area contributed by atoms with E-state index in [-0.39, 0.29) is 11.6 Å². The van der Waals surface area contributed by atoms with Crippen LogP contribution in [0.4, 0.5) is 0 Å². The van der Waals surface area contributed by atoms with Gasteiger partial charge in [-0.25, -0.2) is 0 Å². The fraction of sp³-hybridized carbons (Fsp3) is 1.00. The summed E-state index contributed by atoms with van der Waals surface area (Å²) in [6.07, 6.45) is 0.715. The molecule has 0 rings (SSSR count). The summed E-state index contributed by atoms with van der Waals surface area (Å²) in [5.41, 5.74) is 0. The Kier molecular flexibility index (Phi) is 9.05. The van der Waals surface area contributed by atoms with Crippen LogP contribution >= 0.6 is 0 Å². The van der Waals surface area contributed by atoms with E-state index in [0.717, 1.165) is 0 Å². The van der Waals surface area contributed by atoms with Crippen molar-refractivity contribution in [2.24, 2.45) is 0 Å². The van der Waals surface area contributed by atoms with Gasteiger partial charge in [0.2, 0.25) is 0 Å². The quantitative estimate of drug-likeness (QED) is 0.403. The van der Waals surface area contributed by atoms with Crippen molar-refractivity contribution in [1.29, 1.82) is 0 Å². The van der Waals surface area contributed by atoms with E-state index in [9.17, 15) is 8.42 Å². The van der Waals surface area contributed by atoms with Gasteiger partial charge in [0.15, 0.2) is 0 Å². The minimum atomic E-state index is -3.67. The Morgan fingerprint density at radius 3 is 1.43 bits per heavy atom. The normalized spacial score (nSPS) is 8.29. The second-order valence-electron chi connectivity index (χ2n) is 0.733. The fourth-order valence-electron chi connectivity index (χ4n) is 0. The van der Waals surface area contributed by atoms with E-state index in [1.807, 2.05) is 0 Å². The highest BCUT2D eigenvalue weighted by atomic mass is 32.2. The lowest BCUT2D eigenvalue weighted by molar-refractivity contribution is 0.490. The molecule has 6 heteroatoms. The standard InChI is InChI=1S/CH4O3S.H3N.H2O/c1-5(2,3)4;;/h1H3,(H,2,3,4);1H3;1H2. The van der Waals surface area contributed by atoms with Crippen molar-refractivity contribution in [2.45, 2.75) is 0 Å². The van der Waals surface area contributed by atoms with Crippen molar-refractivity contribution in [2.75, 3.05) is 6.26 Å². The average Bonchev–Trinajstić information content (AvgIpc) is 0.722. The van der Waals surface area contributed by atoms with E-state index in [2.05, 4.69) is 0 Å². The first-order chi connectivity index (χ1) is 2.00. The van der Waals surface area contributed by atoms with Gasteiger partial charge < -0.3 is 11.6 Å². The third kappa shape index (κ3) is 2960. The summed E-state index contributed by atoms with van der Waals surface area (Å²) in [7, 11) is -3.67. The molecule has 0 aliphatic heterocycles. The highest BCUT2D eigenvalue weighted by Crippen LogP contribution is 1.60. The van der Waals surface area contributed by atoms with Crippen LogP contribution in [0.5, 0.6) is 0 Å². The molecule has 0 saturated carbocycles. The van der Waals surface area contributed by atoms with E-state index in [1.165, 1.54) is 0 Å². The molecule has 0 fully saturated rings. The molecule has 7 heavy (non-hydrogen) atoms. The molecule has 0 aliphatic rings. The molecule has 5 nitrogen and oxygen atoms in total. The van der Waals surface area contributed by atoms with Crippen molar-refractivity contribution in [3.63, 3.8) is 0 Å². The summed E-state index contributed by atoms with van der Waals surface area (Å²) in [4.78, 5) is 0. The van der Waals surface area contributed by atoms with E-state index >= 15 is 0 Å². The summed E-state index contributed by atoms with van der Waals surface area (Å²) >= 11 is 0. The summed E-state index contributed by atoms with van der Waals surface area (Å²) < 4.78 is 25.9. The topological polar surface area (TPSA) is 121 Å². The van der Waals surface area contributed by atoms with Crippen LogP contribution in [0.2, 0.25) is 0 Å². The molecule has 0 aromatic heterocycles. The zero-order valence-electron chi connectivity index (χ0n) is 3.88. The lowest BCUT2D eigenvalue weighted by atomic mass is 12.0. The number of hydrogen-bond acceptors (Lipinski definition) is 3. The maximum atomic E-state index is 9.19. The van der Waals surface area contributed by atoms with Gasteiger partial charge in [-0.15, -0.1) is 0 Å². The molecule has 0 heterocycles. The van der Waals surface area contributed by atoms with Gasteiger partial charge in [0.25, 0.3) is 10.1 Å². The zero-order valence-corrected chi connectivity index (χ0v) is 4.70. The van der Waals surface area contributed by atoms with Crippen LogP contribution in [-0.2, 0) is 10.1 Å². The predicted octanol–water partition coefficient (Wildman–Crippen LogP) is -1.16. The van der Waals surface area contributed by atoms with Gasteiger partial charge in [0.1, 0.15) is 0 Å². The predicted molar refractivity (Wildman–Crippen MR) is 26.1 cm³/mol. The molecular weight excluding hydrogens is 122 g/mol. The van der Waals surface area contributed by atoms with Gasteiger partial charge in [-0.3, -0.25) is 4.55 Å². The summed E-state index contributed by atoms with van der Waals surface area (Å²) in [6, 6.07) is 0. The Balaban J connectivity index is -0.0000000800. The monoisotopic (exact) mass is 131 g/mol. The Morgan fingerprint density at radius 1 is 1.43 bits per heavy atom. The van der Waals surface area contributed by atoms with Crippen LogP contribution in [-0.4, -0.2) is 24.7 Å². The molecule has 0 aromatic carbocycles. The van der Waals surface area contributed by atoms with Crippen LogP contribution in [0.1, 0.15) is 0 Å². The summed E-state index contributed by atoms with van der Waals surface area (Å²) in [6.45, 7) is 0. The summed E-state index contributed by atoms with van der Waals surface area (Å²) in [5.74, 6) is 0. The van der Waals surface area contributed by atoms with Crippen molar-refractivity contribution in [3.05, 3.63) is 0 Å². The zero-order chi connectivity index (χ0) is 4.50. The maximum Gasteiger partial charge on any atom is 0.261 e. The second-order valence-corrected chi connectivity index (χ2v) is 2.20. The van der Waals surface area contributed by atoms with Gasteiger partial charge in [-0.1, -0.05) is 0 Å². The van der Waals surface area contributed by atoms with Gasteiger partial charge in [0.05, 0.1) is 6.26 Å². The molecule has 0 aliphatic carbocycles. The number of rotatable bonds is 0. The molecule has 6 N–H and O–H groups in total. The van der Waals surface area contributed by atoms with Crippen LogP contribution in [0.3, 0.4) is 0 Å². The minimum absolute atomic E-state index is 0. The Hall–Kier alpha value is -0.170. The molecule has 0 amide bonds. The summed E-state index contributed by atoms with van der Waals surface area (Å²) in [5, 5.41) is 0. The van der Waals surface area contributed by atoms with E-state index < -0.39 is 10.1 Å². The largest absolute Gasteiger partial charge is 0.412 e. The smallest absolute Gasteiger partial charge is 0.261 e. The fourth-order valence-corrected chi connectivity index (χ4v) is 0. The van der Waals surface area contributed by atoms with E-state index in [4.69, 9.17) is 4.55 Å². The molecule has 0 atom stereocenters. The molecule has 0 saturated heterocycles. The molecule has 0 unspecified atom stereocenters. The van der Waals surface area contributed by atoms with E-state index in [0.29, 0.717) is 6.26 Å². The highest BCUT2D eigenvalue weighted by Gasteiger charge is 1.81. The van der Waals surface area contributed by atoms with Crippen LogP contribution < -0.4 is 6.15 Å². The first-order valence-corrected chi connectivity index (χ1v) is 2.77. The molecule has 0 spiro atoms. The van der Waals surface area contributed by atoms with Crippen molar-refractivity contribution in [3.8, 4) is 0 Å². The Bertz CT molecular complexity index is 94.9. The molecule has 0 bridgehead atoms. The molecule has 48 valence electrons. The lowest BCUT2D eigenvalue weighted by Gasteiger charge is -1.69. The lowest BCUT2D eigenvalue weighted by Crippen LogP contribution is -1.88. The van der Waals surface area contributed by atoms with Crippen molar-refractivity contribution in [1.82, 2.24) is 6.15 Å². The highest BCUT2D eigenvalue weighted by molar-refractivity contribution is 7.85. The van der Waals surface area contributed by atoms with Gasteiger partial charge in [0, 0.05) is 0 Å². The van der Waals surface area contributed by atoms with Crippen LogP contribution in [0.25, 0.3) is 0 Å². The van der Waals surface area contributed by atoms with Gasteiger partial charge in [-0.2, -0.15) is 8.42 Å². The SMILES string of the molecule is CS(=O)(=O)O.N.O. The molecular formula is CH9NO4S. The number of hydrogen-bond donors (Lipinski definition) is 2. The van der Waals surface area contributed by atoms with Crippen LogP contribution in [0.15, 0.2) is 0 Å². The minimum Gasteiger partial charge on any atom is -0.412 e. The van der Waals surface area contributed by atoms with Crippen molar-refractivity contribution < 1.29 is 18.4 Å². The molecule has 0 aromatic rings. The third-order valence-electron chi connectivity index (χ3n) is 0. The first kappa shape index (κ1) is 15.8. The third-order valence-corrected chi connectivity index (χ3v) is 0. The van der Waals surface area contributed by atoms with Gasteiger partial charge in [-0.05, 0) is 0 Å². The average molecular weight is 131 g/mol. The second kappa shape index (κ2) is 4.00. The molecule has 0 radical (unpaired) electrons. The Labute approximate surface area is 42.0 Å². The first-order valence-electron chi connectivity index (χ1n) is 0.924.